The van der Waals surface area contributed by atoms with Crippen LogP contribution in [0.1, 0.15) is 36.8 Å². The highest BCUT2D eigenvalue weighted by Crippen LogP contribution is 2.39. The molecule has 0 spiro atoms. The minimum absolute atomic E-state index is 0.0680. The first kappa shape index (κ1) is 25.2. The average molecular weight is 457 g/mol. The Balaban J connectivity index is 1.84. The van der Waals surface area contributed by atoms with E-state index < -0.39 is 18.2 Å². The lowest BCUT2D eigenvalue weighted by molar-refractivity contribution is -0.137. The standard InChI is InChI=1S/C23H33ClO5S/c1-29-15-17-5-2-4-16(12-17)13-18(25)7-8-20-19(21(24)14-22(20)26)9-11-30-10-3-6-23(27)28/h2,4-5,7-8,12,18-22,25-26H,3,6,9-11,13-15H2,1H3,(H,27,28)/t18-,19-,20-,21-,22-/m1/s1. The zero-order chi connectivity index (χ0) is 21.9. The number of ether oxygens (including phenoxy) is 1. The van der Waals surface area contributed by atoms with Gasteiger partial charge >= 0.3 is 5.97 Å². The molecule has 1 aromatic rings. The van der Waals surface area contributed by atoms with E-state index in [9.17, 15) is 15.0 Å². The zero-order valence-electron chi connectivity index (χ0n) is 17.5. The molecule has 2 rings (SSSR count). The van der Waals surface area contributed by atoms with Gasteiger partial charge in [0.1, 0.15) is 0 Å². The number of aliphatic carboxylic acids is 1. The van der Waals surface area contributed by atoms with Gasteiger partial charge in [0.2, 0.25) is 0 Å². The van der Waals surface area contributed by atoms with Crippen LogP contribution in [0, 0.1) is 11.8 Å². The van der Waals surface area contributed by atoms with Crippen molar-refractivity contribution < 1.29 is 24.9 Å². The van der Waals surface area contributed by atoms with E-state index in [0.29, 0.717) is 25.9 Å². The van der Waals surface area contributed by atoms with Crippen LogP contribution in [0.15, 0.2) is 36.4 Å². The van der Waals surface area contributed by atoms with Gasteiger partial charge in [0.15, 0.2) is 0 Å². The van der Waals surface area contributed by atoms with E-state index in [1.54, 1.807) is 24.9 Å². The first-order valence-electron chi connectivity index (χ1n) is 10.5. The number of carbonyl (C=O) groups is 1. The minimum Gasteiger partial charge on any atom is -0.481 e. The summed E-state index contributed by atoms with van der Waals surface area (Å²) in [5.74, 6) is 1.03. The second-order valence-electron chi connectivity index (χ2n) is 7.87. The predicted octanol–water partition coefficient (Wildman–Crippen LogP) is 3.89. The number of aliphatic hydroxyl groups excluding tert-OH is 2. The topological polar surface area (TPSA) is 87.0 Å². The van der Waals surface area contributed by atoms with Crippen molar-refractivity contribution in [1.29, 1.82) is 0 Å². The number of halogens is 1. The van der Waals surface area contributed by atoms with Crippen LogP contribution in [0.25, 0.3) is 0 Å². The van der Waals surface area contributed by atoms with E-state index in [-0.39, 0.29) is 23.6 Å². The second kappa shape index (κ2) is 13.4. The molecular weight excluding hydrogens is 424 g/mol. The first-order chi connectivity index (χ1) is 14.4. The van der Waals surface area contributed by atoms with Crippen molar-refractivity contribution in [3.05, 3.63) is 47.5 Å². The van der Waals surface area contributed by atoms with Crippen LogP contribution >= 0.6 is 23.4 Å². The smallest absolute Gasteiger partial charge is 0.303 e. The SMILES string of the molecule is COCc1cccc(C[C@H](O)C=C[C@@H]2[C@@H](CCSCCCC(=O)O)[C@H](Cl)C[C@H]2O)c1. The molecule has 0 aliphatic heterocycles. The van der Waals surface area contributed by atoms with Crippen molar-refractivity contribution in [3.63, 3.8) is 0 Å². The summed E-state index contributed by atoms with van der Waals surface area (Å²) in [7, 11) is 1.66. The summed E-state index contributed by atoms with van der Waals surface area (Å²) in [6.45, 7) is 0.543. The lowest BCUT2D eigenvalue weighted by Gasteiger charge is -2.21. The fourth-order valence-corrected chi connectivity index (χ4v) is 5.43. The average Bonchev–Trinajstić information content (AvgIpc) is 2.95. The van der Waals surface area contributed by atoms with Gasteiger partial charge in [0.05, 0.1) is 18.8 Å². The number of hydrogen-bond acceptors (Lipinski definition) is 5. The van der Waals surface area contributed by atoms with Gasteiger partial charge in [-0.1, -0.05) is 36.4 Å². The van der Waals surface area contributed by atoms with E-state index in [4.69, 9.17) is 21.4 Å². The molecule has 0 aromatic heterocycles. The van der Waals surface area contributed by atoms with E-state index >= 15 is 0 Å². The molecule has 5 atom stereocenters. The van der Waals surface area contributed by atoms with Crippen LogP contribution in [-0.4, -0.2) is 57.5 Å². The molecule has 7 heteroatoms. The molecule has 0 radical (unpaired) electrons. The van der Waals surface area contributed by atoms with E-state index in [2.05, 4.69) is 0 Å². The van der Waals surface area contributed by atoms with Crippen molar-refractivity contribution in [2.75, 3.05) is 18.6 Å². The zero-order valence-corrected chi connectivity index (χ0v) is 19.0. The van der Waals surface area contributed by atoms with Gasteiger partial charge in [-0.3, -0.25) is 4.79 Å². The van der Waals surface area contributed by atoms with Crippen LogP contribution in [0.5, 0.6) is 0 Å². The Morgan fingerprint density at radius 3 is 2.87 bits per heavy atom. The second-order valence-corrected chi connectivity index (χ2v) is 9.65. The van der Waals surface area contributed by atoms with Gasteiger partial charge in [-0.15, -0.1) is 11.6 Å². The van der Waals surface area contributed by atoms with Crippen molar-refractivity contribution in [1.82, 2.24) is 0 Å². The number of benzene rings is 1. The maximum atomic E-state index is 10.6. The van der Waals surface area contributed by atoms with Crippen LogP contribution in [0.3, 0.4) is 0 Å². The number of aliphatic hydroxyl groups is 2. The molecule has 0 bridgehead atoms. The highest BCUT2D eigenvalue weighted by atomic mass is 35.5. The third-order valence-corrected chi connectivity index (χ3v) is 7.05. The fraction of sp³-hybridized carbons (Fsp3) is 0.609. The number of hydrogen-bond donors (Lipinski definition) is 3. The van der Waals surface area contributed by atoms with Crippen molar-refractivity contribution in [3.8, 4) is 0 Å². The molecule has 1 aliphatic carbocycles. The molecule has 0 heterocycles. The molecular formula is C23H33ClO5S. The summed E-state index contributed by atoms with van der Waals surface area (Å²) in [6, 6.07) is 7.97. The maximum Gasteiger partial charge on any atom is 0.303 e. The van der Waals surface area contributed by atoms with Crippen molar-refractivity contribution in [2.45, 2.75) is 56.3 Å². The molecule has 168 valence electrons. The van der Waals surface area contributed by atoms with Crippen LogP contribution in [-0.2, 0) is 22.6 Å². The minimum atomic E-state index is -0.760. The van der Waals surface area contributed by atoms with Crippen LogP contribution in [0.2, 0.25) is 0 Å². The lowest BCUT2D eigenvalue weighted by atomic mass is 9.91. The van der Waals surface area contributed by atoms with Gasteiger partial charge in [-0.05, 0) is 47.8 Å². The Bertz CT molecular complexity index is 683. The molecule has 1 aromatic carbocycles. The third-order valence-electron chi connectivity index (χ3n) is 5.45. The van der Waals surface area contributed by atoms with Gasteiger partial charge in [0, 0.05) is 31.2 Å². The van der Waals surface area contributed by atoms with Gasteiger partial charge in [0.25, 0.3) is 0 Å². The predicted molar refractivity (Wildman–Crippen MR) is 122 cm³/mol. The Kier molecular flexibility index (Phi) is 11.2. The molecule has 5 nitrogen and oxygen atoms in total. The summed E-state index contributed by atoms with van der Waals surface area (Å²) in [6.07, 6.45) is 5.37. The Hall–Kier alpha value is -1.05. The quantitative estimate of drug-likeness (QED) is 0.237. The van der Waals surface area contributed by atoms with Crippen LogP contribution < -0.4 is 0 Å². The normalized spacial score (nSPS) is 25.1. The molecule has 0 unspecified atom stereocenters. The molecule has 30 heavy (non-hydrogen) atoms. The van der Waals surface area contributed by atoms with E-state index in [1.165, 1.54) is 0 Å². The maximum absolute atomic E-state index is 10.6. The number of methoxy groups -OCH3 is 1. The van der Waals surface area contributed by atoms with Gasteiger partial charge in [-0.25, -0.2) is 0 Å². The Morgan fingerprint density at radius 1 is 1.37 bits per heavy atom. The molecule has 1 saturated carbocycles. The molecule has 1 fully saturated rings. The molecule has 3 N–H and O–H groups in total. The highest BCUT2D eigenvalue weighted by Gasteiger charge is 2.39. The van der Waals surface area contributed by atoms with Crippen molar-refractivity contribution in [2.24, 2.45) is 11.8 Å². The highest BCUT2D eigenvalue weighted by molar-refractivity contribution is 7.99. The number of carboxylic acid groups (broad SMARTS) is 1. The lowest BCUT2D eigenvalue weighted by Crippen LogP contribution is -2.20. The van der Waals surface area contributed by atoms with E-state index in [0.717, 1.165) is 29.1 Å². The fourth-order valence-electron chi connectivity index (χ4n) is 3.96. The monoisotopic (exact) mass is 456 g/mol. The number of rotatable bonds is 13. The van der Waals surface area contributed by atoms with Gasteiger partial charge < -0.3 is 20.1 Å². The molecule has 0 saturated heterocycles. The summed E-state index contributed by atoms with van der Waals surface area (Å²) in [5, 5.41) is 29.5. The number of thioether (sulfide) groups is 1. The first-order valence-corrected chi connectivity index (χ1v) is 12.0. The molecule has 1 aliphatic rings. The third kappa shape index (κ3) is 8.60. The summed E-state index contributed by atoms with van der Waals surface area (Å²) >= 11 is 8.22. The van der Waals surface area contributed by atoms with Gasteiger partial charge in [-0.2, -0.15) is 11.8 Å². The molecule has 0 amide bonds. The summed E-state index contributed by atoms with van der Waals surface area (Å²) < 4.78 is 5.16. The Labute approximate surface area is 188 Å². The summed E-state index contributed by atoms with van der Waals surface area (Å²) in [4.78, 5) is 10.6. The van der Waals surface area contributed by atoms with Crippen molar-refractivity contribution >= 4 is 29.3 Å². The number of carboxylic acids is 1. The number of alkyl halides is 1. The van der Waals surface area contributed by atoms with E-state index in [1.807, 2.05) is 30.3 Å². The summed E-state index contributed by atoms with van der Waals surface area (Å²) in [5.41, 5.74) is 2.11. The largest absolute Gasteiger partial charge is 0.481 e. The Morgan fingerprint density at radius 2 is 2.13 bits per heavy atom. The van der Waals surface area contributed by atoms with Crippen LogP contribution in [0.4, 0.5) is 0 Å².